The number of halogens is 13. The lowest BCUT2D eigenvalue weighted by atomic mass is 9.85. The number of rotatable bonds is 10. The van der Waals surface area contributed by atoms with E-state index in [-0.39, 0.29) is 6.42 Å². The zero-order chi connectivity index (χ0) is 22.8. The number of alkyl halides is 13. The van der Waals surface area contributed by atoms with Crippen LogP contribution in [0.5, 0.6) is 0 Å². The molecule has 0 aliphatic rings. The Morgan fingerprint density at radius 2 is 1.18 bits per heavy atom. The van der Waals surface area contributed by atoms with Crippen LogP contribution in [0.4, 0.5) is 57.1 Å². The molecule has 0 radical (unpaired) electrons. The number of carbonyl (C=O) groups excluding carboxylic acids is 1. The van der Waals surface area contributed by atoms with Crippen molar-refractivity contribution in [2.75, 3.05) is 6.54 Å². The molecule has 0 heterocycles. The maximum absolute atomic E-state index is 13.9. The highest BCUT2D eigenvalue weighted by molar-refractivity contribution is 5.33. The molecule has 0 aliphatic heterocycles. The van der Waals surface area contributed by atoms with Crippen LogP contribution in [-0.4, -0.2) is 48.4 Å². The standard InChI is InChI=1S/C13H12F13NO/c1-2-3-4-7(5-27-6-28)8(14,15)9(16,17)10(18,19)11(20,21)12(22,23)13(24,25)26/h7H,2-5H2,1H3. The van der Waals surface area contributed by atoms with Crippen molar-refractivity contribution in [3.05, 3.63) is 0 Å². The molecule has 15 heteroatoms. The molecule has 166 valence electrons. The Morgan fingerprint density at radius 1 is 0.750 bits per heavy atom. The van der Waals surface area contributed by atoms with Crippen molar-refractivity contribution >= 4 is 6.08 Å². The van der Waals surface area contributed by atoms with Crippen molar-refractivity contribution in [3.8, 4) is 0 Å². The summed E-state index contributed by atoms with van der Waals surface area (Å²) in [5, 5.41) is 0. The Labute approximate surface area is 148 Å². The molecular formula is C13H12F13NO. The number of hydrogen-bond donors (Lipinski definition) is 0. The van der Waals surface area contributed by atoms with Gasteiger partial charge in [0.05, 0.1) is 6.54 Å². The maximum Gasteiger partial charge on any atom is 0.460 e. The van der Waals surface area contributed by atoms with Gasteiger partial charge in [-0.2, -0.15) is 57.1 Å². The first kappa shape index (κ1) is 26.5. The number of aliphatic imine (C=N–C) groups is 1. The van der Waals surface area contributed by atoms with Crippen LogP contribution >= 0.6 is 0 Å². The molecule has 0 spiro atoms. The SMILES string of the molecule is CCCCC(CN=C=O)C(F)(F)C(F)(F)C(F)(F)C(F)(F)C(F)(F)C(F)(F)F. The molecule has 0 rings (SSSR count). The van der Waals surface area contributed by atoms with E-state index in [0.29, 0.717) is 6.08 Å². The van der Waals surface area contributed by atoms with E-state index < -0.39 is 61.1 Å². The summed E-state index contributed by atoms with van der Waals surface area (Å²) >= 11 is 0. The maximum atomic E-state index is 13.9. The first-order valence-corrected chi connectivity index (χ1v) is 7.26. The topological polar surface area (TPSA) is 29.4 Å². The number of nitrogens with zero attached hydrogens (tertiary/aromatic N) is 1. The number of unbranched alkanes of at least 4 members (excludes halogenated alkanes) is 1. The van der Waals surface area contributed by atoms with Gasteiger partial charge in [0.2, 0.25) is 6.08 Å². The Balaban J connectivity index is 6.37. The van der Waals surface area contributed by atoms with Gasteiger partial charge < -0.3 is 0 Å². The molecule has 0 aromatic heterocycles. The van der Waals surface area contributed by atoms with Crippen LogP contribution in [0.2, 0.25) is 0 Å². The Kier molecular flexibility index (Phi) is 7.63. The molecule has 0 aromatic rings. The summed E-state index contributed by atoms with van der Waals surface area (Å²) < 4.78 is 170. The van der Waals surface area contributed by atoms with Gasteiger partial charge in [-0.1, -0.05) is 19.8 Å². The molecule has 0 saturated carbocycles. The first-order chi connectivity index (χ1) is 12.3. The number of isocyanates is 1. The average molecular weight is 445 g/mol. The summed E-state index contributed by atoms with van der Waals surface area (Å²) in [5.74, 6) is -40.2. The predicted molar refractivity (Wildman–Crippen MR) is 66.8 cm³/mol. The van der Waals surface area contributed by atoms with Gasteiger partial charge >= 0.3 is 35.8 Å². The van der Waals surface area contributed by atoms with E-state index in [2.05, 4.69) is 4.99 Å². The molecule has 0 saturated heterocycles. The van der Waals surface area contributed by atoms with Crippen LogP contribution in [-0.2, 0) is 4.79 Å². The summed E-state index contributed by atoms with van der Waals surface area (Å²) in [4.78, 5) is 12.4. The fourth-order valence-corrected chi connectivity index (χ4v) is 2.02. The van der Waals surface area contributed by atoms with E-state index in [4.69, 9.17) is 0 Å². The van der Waals surface area contributed by atoms with Crippen LogP contribution < -0.4 is 0 Å². The zero-order valence-corrected chi connectivity index (χ0v) is 13.7. The third-order valence-corrected chi connectivity index (χ3v) is 3.75. The summed E-state index contributed by atoms with van der Waals surface area (Å²) in [6.07, 6.45) is -8.37. The van der Waals surface area contributed by atoms with Gasteiger partial charge in [-0.25, -0.2) is 9.79 Å². The van der Waals surface area contributed by atoms with Crippen LogP contribution in [0.3, 0.4) is 0 Å². The quantitative estimate of drug-likeness (QED) is 0.235. The summed E-state index contributed by atoms with van der Waals surface area (Å²) in [6.45, 7) is -0.327. The van der Waals surface area contributed by atoms with Crippen molar-refractivity contribution in [3.63, 3.8) is 0 Å². The lowest BCUT2D eigenvalue weighted by Gasteiger charge is -2.41. The van der Waals surface area contributed by atoms with Crippen molar-refractivity contribution in [1.82, 2.24) is 0 Å². The highest BCUT2D eigenvalue weighted by Crippen LogP contribution is 2.61. The van der Waals surface area contributed by atoms with Crippen molar-refractivity contribution in [2.45, 2.75) is 62.0 Å². The van der Waals surface area contributed by atoms with Crippen molar-refractivity contribution < 1.29 is 61.9 Å². The molecule has 0 N–H and O–H groups in total. The largest absolute Gasteiger partial charge is 0.460 e. The van der Waals surface area contributed by atoms with E-state index >= 15 is 0 Å². The van der Waals surface area contributed by atoms with E-state index in [1.165, 1.54) is 6.92 Å². The normalized spacial score (nSPS) is 15.9. The lowest BCUT2D eigenvalue weighted by Crippen LogP contribution is -2.71. The minimum Gasteiger partial charge on any atom is -0.211 e. The van der Waals surface area contributed by atoms with E-state index in [0.717, 1.165) is 0 Å². The minimum atomic E-state index is -7.94. The van der Waals surface area contributed by atoms with Crippen LogP contribution in [0.1, 0.15) is 26.2 Å². The molecule has 0 amide bonds. The van der Waals surface area contributed by atoms with E-state index in [9.17, 15) is 61.9 Å². The Bertz CT molecular complexity index is 577. The molecule has 0 aliphatic carbocycles. The van der Waals surface area contributed by atoms with Gasteiger partial charge in [-0.3, -0.25) is 0 Å². The summed E-state index contributed by atoms with van der Waals surface area (Å²) in [5.41, 5.74) is 0. The van der Waals surface area contributed by atoms with E-state index in [1.807, 2.05) is 0 Å². The summed E-state index contributed by atoms with van der Waals surface area (Å²) in [6, 6.07) is 0. The molecular weight excluding hydrogens is 433 g/mol. The Morgan fingerprint density at radius 3 is 1.54 bits per heavy atom. The fraction of sp³-hybridized carbons (Fsp3) is 0.923. The third kappa shape index (κ3) is 4.08. The monoisotopic (exact) mass is 445 g/mol. The van der Waals surface area contributed by atoms with Crippen LogP contribution in [0.25, 0.3) is 0 Å². The van der Waals surface area contributed by atoms with Crippen LogP contribution in [0.15, 0.2) is 4.99 Å². The smallest absolute Gasteiger partial charge is 0.211 e. The molecule has 0 aromatic carbocycles. The van der Waals surface area contributed by atoms with Gasteiger partial charge in [0.25, 0.3) is 0 Å². The lowest BCUT2D eigenvalue weighted by molar-refractivity contribution is -0.443. The van der Waals surface area contributed by atoms with Crippen LogP contribution in [0, 0.1) is 5.92 Å². The Hall–Kier alpha value is -1.53. The van der Waals surface area contributed by atoms with Crippen molar-refractivity contribution in [1.29, 1.82) is 0 Å². The number of hydrogen-bond acceptors (Lipinski definition) is 2. The van der Waals surface area contributed by atoms with Gasteiger partial charge in [-0.05, 0) is 6.42 Å². The van der Waals surface area contributed by atoms with Gasteiger partial charge in [0.1, 0.15) is 0 Å². The van der Waals surface area contributed by atoms with Gasteiger partial charge in [0, 0.05) is 5.92 Å². The fourth-order valence-electron chi connectivity index (χ4n) is 2.02. The van der Waals surface area contributed by atoms with Gasteiger partial charge in [0.15, 0.2) is 0 Å². The molecule has 1 unspecified atom stereocenters. The molecule has 0 fully saturated rings. The first-order valence-electron chi connectivity index (χ1n) is 7.26. The third-order valence-electron chi connectivity index (χ3n) is 3.75. The summed E-state index contributed by atoms with van der Waals surface area (Å²) in [7, 11) is 0. The molecule has 28 heavy (non-hydrogen) atoms. The second-order valence-corrected chi connectivity index (χ2v) is 5.69. The van der Waals surface area contributed by atoms with Crippen molar-refractivity contribution in [2.24, 2.45) is 10.9 Å². The highest BCUT2D eigenvalue weighted by atomic mass is 19.4. The minimum absolute atomic E-state index is 0.0122. The van der Waals surface area contributed by atoms with Gasteiger partial charge in [-0.15, -0.1) is 0 Å². The predicted octanol–water partition coefficient (Wildman–Crippen LogP) is 5.87. The highest BCUT2D eigenvalue weighted by Gasteiger charge is 2.91. The zero-order valence-electron chi connectivity index (χ0n) is 13.7. The molecule has 0 bridgehead atoms. The molecule has 1 atom stereocenters. The molecule has 2 nitrogen and oxygen atoms in total. The van der Waals surface area contributed by atoms with E-state index in [1.54, 1.807) is 0 Å². The second kappa shape index (κ2) is 8.07. The average Bonchev–Trinajstić information content (AvgIpc) is 2.52. The second-order valence-electron chi connectivity index (χ2n) is 5.69.